The van der Waals surface area contributed by atoms with Crippen LogP contribution in [0.1, 0.15) is 5.56 Å². The summed E-state index contributed by atoms with van der Waals surface area (Å²) in [5.74, 6) is 7.02. The number of nitrogens with zero attached hydrogens (tertiary/aromatic N) is 1. The second kappa shape index (κ2) is 4.68. The number of rotatable bonds is 1. The van der Waals surface area contributed by atoms with E-state index in [1.807, 2.05) is 0 Å². The molecule has 0 aliphatic heterocycles. The Morgan fingerprint density at radius 3 is 3.17 bits per heavy atom. The highest BCUT2D eigenvalue weighted by atomic mass is 32.1. The maximum absolute atomic E-state index is 5.07. The summed E-state index contributed by atoms with van der Waals surface area (Å²) in [7, 11) is 1.61. The molecule has 1 aromatic rings. The van der Waals surface area contributed by atoms with Crippen molar-refractivity contribution < 1.29 is 4.74 Å². The quantitative estimate of drug-likeness (QED) is 0.519. The number of pyridine rings is 1. The summed E-state index contributed by atoms with van der Waals surface area (Å²) in [6.07, 6.45) is 3.35. The Kier molecular flexibility index (Phi) is 3.49. The molecule has 0 saturated carbocycles. The number of hydrogen-bond donors (Lipinski definition) is 1. The molecule has 0 atom stereocenters. The van der Waals surface area contributed by atoms with E-state index in [9.17, 15) is 0 Å². The molecule has 1 aromatic heterocycles. The summed E-state index contributed by atoms with van der Waals surface area (Å²) >= 11 is 3.98. The zero-order valence-corrected chi connectivity index (χ0v) is 7.64. The summed E-state index contributed by atoms with van der Waals surface area (Å²) < 4.78 is 5.07. The second-order valence-electron chi connectivity index (χ2n) is 2.04. The highest BCUT2D eigenvalue weighted by Gasteiger charge is 1.96. The lowest BCUT2D eigenvalue weighted by Gasteiger charge is -1.99. The zero-order chi connectivity index (χ0) is 8.81. The summed E-state index contributed by atoms with van der Waals surface area (Å²) in [4.78, 5) is 3.94. The molecule has 0 fully saturated rings. The first-order chi connectivity index (χ1) is 5.88. The molecule has 0 unspecified atom stereocenters. The predicted molar refractivity (Wildman–Crippen MR) is 51.5 cm³/mol. The molecule has 0 saturated heterocycles. The van der Waals surface area contributed by atoms with Crippen molar-refractivity contribution in [2.24, 2.45) is 0 Å². The Balaban J connectivity index is 2.97. The van der Waals surface area contributed by atoms with Crippen LogP contribution in [0.15, 0.2) is 18.5 Å². The molecule has 12 heavy (non-hydrogen) atoms. The number of methoxy groups -OCH3 is 1. The van der Waals surface area contributed by atoms with Crippen molar-refractivity contribution in [1.29, 1.82) is 0 Å². The van der Waals surface area contributed by atoms with Crippen LogP contribution in [0.3, 0.4) is 0 Å². The lowest BCUT2D eigenvalue weighted by atomic mass is 10.2. The monoisotopic (exact) mass is 179 g/mol. The number of thiol groups is 1. The SMILES string of the molecule is COc1ccncc1C#CCS. The van der Waals surface area contributed by atoms with Crippen LogP contribution in [-0.4, -0.2) is 17.8 Å². The van der Waals surface area contributed by atoms with E-state index in [4.69, 9.17) is 4.74 Å². The van der Waals surface area contributed by atoms with E-state index in [1.54, 1.807) is 25.6 Å². The molecule has 0 N–H and O–H groups in total. The molecule has 1 heterocycles. The highest BCUT2D eigenvalue weighted by Crippen LogP contribution is 2.13. The summed E-state index contributed by atoms with van der Waals surface area (Å²) in [6, 6.07) is 1.78. The van der Waals surface area contributed by atoms with Crippen molar-refractivity contribution in [3.8, 4) is 17.6 Å². The van der Waals surface area contributed by atoms with Gasteiger partial charge in [-0.2, -0.15) is 12.6 Å². The molecule has 0 spiro atoms. The predicted octanol–water partition coefficient (Wildman–Crippen LogP) is 1.37. The van der Waals surface area contributed by atoms with Crippen LogP contribution in [0.2, 0.25) is 0 Å². The fraction of sp³-hybridized carbons (Fsp3) is 0.222. The van der Waals surface area contributed by atoms with Gasteiger partial charge in [0, 0.05) is 12.4 Å². The van der Waals surface area contributed by atoms with Crippen molar-refractivity contribution in [1.82, 2.24) is 4.98 Å². The molecule has 0 aliphatic carbocycles. The first-order valence-corrected chi connectivity index (χ1v) is 4.09. The van der Waals surface area contributed by atoms with Gasteiger partial charge in [0.15, 0.2) is 0 Å². The molecule has 62 valence electrons. The van der Waals surface area contributed by atoms with Gasteiger partial charge in [0.05, 0.1) is 18.4 Å². The minimum Gasteiger partial charge on any atom is -0.495 e. The molecule has 0 aromatic carbocycles. The van der Waals surface area contributed by atoms with E-state index < -0.39 is 0 Å². The number of aromatic nitrogens is 1. The van der Waals surface area contributed by atoms with E-state index in [0.29, 0.717) is 5.75 Å². The van der Waals surface area contributed by atoms with Crippen molar-refractivity contribution in [2.45, 2.75) is 0 Å². The smallest absolute Gasteiger partial charge is 0.137 e. The largest absolute Gasteiger partial charge is 0.495 e. The van der Waals surface area contributed by atoms with Gasteiger partial charge in [0.2, 0.25) is 0 Å². The number of ether oxygens (including phenoxy) is 1. The lowest BCUT2D eigenvalue weighted by molar-refractivity contribution is 0.413. The van der Waals surface area contributed by atoms with Crippen molar-refractivity contribution in [3.05, 3.63) is 24.0 Å². The molecule has 0 radical (unpaired) electrons. The summed E-state index contributed by atoms with van der Waals surface area (Å²) in [5, 5.41) is 0. The summed E-state index contributed by atoms with van der Waals surface area (Å²) in [5.41, 5.74) is 0.800. The minimum atomic E-state index is 0.540. The van der Waals surface area contributed by atoms with Crippen LogP contribution in [0.25, 0.3) is 0 Å². The van der Waals surface area contributed by atoms with Gasteiger partial charge < -0.3 is 4.74 Å². The maximum Gasteiger partial charge on any atom is 0.137 e. The van der Waals surface area contributed by atoms with E-state index in [0.717, 1.165) is 11.3 Å². The third-order valence-corrected chi connectivity index (χ3v) is 1.46. The van der Waals surface area contributed by atoms with E-state index in [1.165, 1.54) is 0 Å². The van der Waals surface area contributed by atoms with Crippen molar-refractivity contribution in [2.75, 3.05) is 12.9 Å². The first kappa shape index (κ1) is 8.95. The van der Waals surface area contributed by atoms with Gasteiger partial charge in [0.1, 0.15) is 5.75 Å². The average molecular weight is 179 g/mol. The highest BCUT2D eigenvalue weighted by molar-refractivity contribution is 7.80. The Hall–Kier alpha value is -1.14. The Bertz CT molecular complexity index is 314. The van der Waals surface area contributed by atoms with Gasteiger partial charge in [-0.05, 0) is 6.07 Å². The Labute approximate surface area is 77.4 Å². The molecule has 2 nitrogen and oxygen atoms in total. The minimum absolute atomic E-state index is 0.540. The normalized spacial score (nSPS) is 8.50. The standard InChI is InChI=1S/C9H9NOS/c1-11-9-4-5-10-7-8(9)3-2-6-12/h4-5,7,12H,6H2,1H3. The lowest BCUT2D eigenvalue weighted by Crippen LogP contribution is -1.88. The molecule has 0 amide bonds. The first-order valence-electron chi connectivity index (χ1n) is 3.46. The van der Waals surface area contributed by atoms with Crippen LogP contribution in [0, 0.1) is 11.8 Å². The summed E-state index contributed by atoms with van der Waals surface area (Å²) in [6.45, 7) is 0. The van der Waals surface area contributed by atoms with Gasteiger partial charge in [-0.3, -0.25) is 4.98 Å². The molecule has 3 heteroatoms. The van der Waals surface area contributed by atoms with Gasteiger partial charge in [-0.15, -0.1) is 0 Å². The third-order valence-electron chi connectivity index (χ3n) is 1.30. The third kappa shape index (κ3) is 2.18. The topological polar surface area (TPSA) is 22.1 Å². The van der Waals surface area contributed by atoms with E-state index in [-0.39, 0.29) is 0 Å². The fourth-order valence-electron chi connectivity index (χ4n) is 0.788. The molecular formula is C9H9NOS. The molecule has 0 bridgehead atoms. The van der Waals surface area contributed by atoms with Gasteiger partial charge >= 0.3 is 0 Å². The molecule has 1 rings (SSSR count). The van der Waals surface area contributed by atoms with Crippen molar-refractivity contribution >= 4 is 12.6 Å². The van der Waals surface area contributed by atoms with Gasteiger partial charge in [-0.25, -0.2) is 0 Å². The van der Waals surface area contributed by atoms with Crippen LogP contribution in [0.4, 0.5) is 0 Å². The van der Waals surface area contributed by atoms with Gasteiger partial charge in [-0.1, -0.05) is 11.8 Å². The van der Waals surface area contributed by atoms with Crippen LogP contribution >= 0.6 is 12.6 Å². The van der Waals surface area contributed by atoms with Crippen LogP contribution in [-0.2, 0) is 0 Å². The average Bonchev–Trinajstić information content (AvgIpc) is 2.15. The number of hydrogen-bond acceptors (Lipinski definition) is 3. The molecular weight excluding hydrogens is 170 g/mol. The van der Waals surface area contributed by atoms with E-state index in [2.05, 4.69) is 29.5 Å². The Morgan fingerprint density at radius 2 is 2.50 bits per heavy atom. The van der Waals surface area contributed by atoms with Gasteiger partial charge in [0.25, 0.3) is 0 Å². The molecule has 0 aliphatic rings. The van der Waals surface area contributed by atoms with Crippen LogP contribution in [0.5, 0.6) is 5.75 Å². The van der Waals surface area contributed by atoms with Crippen molar-refractivity contribution in [3.63, 3.8) is 0 Å². The fourth-order valence-corrected chi connectivity index (χ4v) is 0.867. The van der Waals surface area contributed by atoms with Crippen LogP contribution < -0.4 is 4.74 Å². The maximum atomic E-state index is 5.07. The Morgan fingerprint density at radius 1 is 1.67 bits per heavy atom. The second-order valence-corrected chi connectivity index (χ2v) is 2.35. The van der Waals surface area contributed by atoms with E-state index >= 15 is 0 Å². The zero-order valence-electron chi connectivity index (χ0n) is 6.74.